The van der Waals surface area contributed by atoms with Crippen molar-refractivity contribution in [2.45, 2.75) is 18.1 Å². The molecule has 5 heteroatoms. The van der Waals surface area contributed by atoms with Crippen LogP contribution in [-0.2, 0) is 18.1 Å². The molecule has 1 spiro atoms. The van der Waals surface area contributed by atoms with E-state index in [1.165, 1.54) is 50.6 Å². The highest BCUT2D eigenvalue weighted by atomic mass is 79.9. The first kappa shape index (κ1) is 25.8. The van der Waals surface area contributed by atoms with Gasteiger partial charge in [-0.2, -0.15) is 13.2 Å². The van der Waals surface area contributed by atoms with Gasteiger partial charge in [-0.1, -0.05) is 103 Å². The first-order valence-electron chi connectivity index (χ1n) is 14.6. The van der Waals surface area contributed by atoms with E-state index < -0.39 is 17.2 Å². The van der Waals surface area contributed by atoms with E-state index in [4.69, 9.17) is 0 Å². The zero-order valence-corrected chi connectivity index (χ0v) is 24.9. The Hall–Kier alpha value is -4.61. The second kappa shape index (κ2) is 8.96. The number of para-hydroxylation sites is 1. The third-order valence-corrected chi connectivity index (χ3v) is 10.5. The molecule has 0 unspecified atom stereocenters. The predicted octanol–water partition coefficient (Wildman–Crippen LogP) is 11.0. The molecule has 1 nitrogen and oxygen atoms in total. The van der Waals surface area contributed by atoms with Crippen LogP contribution >= 0.6 is 15.9 Å². The Kier molecular flexibility index (Phi) is 5.26. The lowest BCUT2D eigenvalue weighted by Gasteiger charge is -2.30. The Balaban J connectivity index is 1.38. The number of alkyl halides is 3. The van der Waals surface area contributed by atoms with Gasteiger partial charge >= 0.3 is 6.18 Å². The summed E-state index contributed by atoms with van der Waals surface area (Å²) in [4.78, 5) is 0. The van der Waals surface area contributed by atoms with Crippen LogP contribution in [0.25, 0.3) is 44.1 Å². The molecule has 7 aromatic rings. The molecule has 0 amide bonds. The molecule has 44 heavy (non-hydrogen) atoms. The lowest BCUT2D eigenvalue weighted by molar-refractivity contribution is -0.138. The van der Waals surface area contributed by atoms with Crippen molar-refractivity contribution in [2.75, 3.05) is 0 Å². The van der Waals surface area contributed by atoms with E-state index in [9.17, 15) is 13.2 Å². The molecule has 0 fully saturated rings. The van der Waals surface area contributed by atoms with Crippen molar-refractivity contribution >= 4 is 37.7 Å². The summed E-state index contributed by atoms with van der Waals surface area (Å²) in [5.74, 6) is 0. The summed E-state index contributed by atoms with van der Waals surface area (Å²) < 4.78 is 43.9. The van der Waals surface area contributed by atoms with E-state index >= 15 is 0 Å². The van der Waals surface area contributed by atoms with Crippen molar-refractivity contribution in [3.05, 3.63) is 165 Å². The van der Waals surface area contributed by atoms with Crippen molar-refractivity contribution in [1.29, 1.82) is 0 Å². The molecular formula is C39H23BrF3N. The van der Waals surface area contributed by atoms with Crippen LogP contribution in [0.15, 0.2) is 132 Å². The highest BCUT2D eigenvalue weighted by molar-refractivity contribution is 9.10. The summed E-state index contributed by atoms with van der Waals surface area (Å²) in [7, 11) is 0. The minimum Gasteiger partial charge on any atom is -0.336 e. The smallest absolute Gasteiger partial charge is 0.336 e. The van der Waals surface area contributed by atoms with Crippen LogP contribution in [0.2, 0.25) is 0 Å². The second-order valence-electron chi connectivity index (χ2n) is 11.7. The van der Waals surface area contributed by atoms with Gasteiger partial charge in [-0.05, 0) is 90.3 Å². The first-order chi connectivity index (χ1) is 21.4. The number of fused-ring (bicyclic) bond motifs is 13. The van der Waals surface area contributed by atoms with Crippen LogP contribution in [-0.4, -0.2) is 4.57 Å². The summed E-state index contributed by atoms with van der Waals surface area (Å²) >= 11 is 3.31. The van der Waals surface area contributed by atoms with E-state index in [0.717, 1.165) is 27.9 Å². The molecule has 0 radical (unpaired) electrons. The second-order valence-corrected chi connectivity index (χ2v) is 12.5. The maximum atomic E-state index is 13.9. The zero-order valence-electron chi connectivity index (χ0n) is 23.3. The SMILES string of the molecule is FC(F)(F)c1cccc(Cn2c3ccccc3c3cc4c(cc32)C2(c3ccccc3-c3ccccc32)c2ccccc2-4)c1Br. The van der Waals surface area contributed by atoms with Gasteiger partial charge in [0.15, 0.2) is 0 Å². The molecule has 0 N–H and O–H groups in total. The Labute approximate surface area is 260 Å². The van der Waals surface area contributed by atoms with Crippen molar-refractivity contribution in [1.82, 2.24) is 4.57 Å². The van der Waals surface area contributed by atoms with Gasteiger partial charge in [0.05, 0.1) is 11.0 Å². The van der Waals surface area contributed by atoms with Gasteiger partial charge in [0.25, 0.3) is 0 Å². The quantitative estimate of drug-likeness (QED) is 0.177. The maximum Gasteiger partial charge on any atom is 0.417 e. The molecule has 1 heterocycles. The van der Waals surface area contributed by atoms with E-state index in [0.29, 0.717) is 12.1 Å². The van der Waals surface area contributed by atoms with Crippen LogP contribution < -0.4 is 0 Å². The minimum atomic E-state index is -4.45. The monoisotopic (exact) mass is 641 g/mol. The van der Waals surface area contributed by atoms with Gasteiger partial charge in [-0.15, -0.1) is 0 Å². The molecule has 0 bridgehead atoms. The Morgan fingerprint density at radius 1 is 0.545 bits per heavy atom. The predicted molar refractivity (Wildman–Crippen MR) is 174 cm³/mol. The van der Waals surface area contributed by atoms with Crippen molar-refractivity contribution in [2.24, 2.45) is 0 Å². The van der Waals surface area contributed by atoms with E-state index in [2.05, 4.69) is 118 Å². The van der Waals surface area contributed by atoms with Crippen LogP contribution in [0.4, 0.5) is 13.2 Å². The fourth-order valence-corrected chi connectivity index (χ4v) is 8.51. The molecule has 2 aliphatic rings. The first-order valence-corrected chi connectivity index (χ1v) is 15.4. The van der Waals surface area contributed by atoms with Gasteiger partial charge in [0.1, 0.15) is 0 Å². The van der Waals surface area contributed by atoms with Crippen LogP contribution in [0, 0.1) is 0 Å². The lowest BCUT2D eigenvalue weighted by atomic mass is 9.70. The van der Waals surface area contributed by atoms with Crippen molar-refractivity contribution in [3.63, 3.8) is 0 Å². The Bertz CT molecular complexity index is 2280. The molecular weight excluding hydrogens is 619 g/mol. The molecule has 0 saturated heterocycles. The number of rotatable bonds is 2. The Morgan fingerprint density at radius 2 is 1.11 bits per heavy atom. The van der Waals surface area contributed by atoms with Crippen LogP contribution in [0.5, 0.6) is 0 Å². The highest BCUT2D eigenvalue weighted by Crippen LogP contribution is 2.63. The lowest BCUT2D eigenvalue weighted by Crippen LogP contribution is -2.25. The number of hydrogen-bond donors (Lipinski definition) is 0. The summed E-state index contributed by atoms with van der Waals surface area (Å²) in [5.41, 5.74) is 11.3. The normalized spacial score (nSPS) is 14.2. The number of benzene rings is 6. The number of nitrogens with zero attached hydrogens (tertiary/aromatic N) is 1. The van der Waals surface area contributed by atoms with E-state index in [-0.39, 0.29) is 4.47 Å². The third-order valence-electron chi connectivity index (χ3n) is 9.60. The largest absolute Gasteiger partial charge is 0.417 e. The van der Waals surface area contributed by atoms with Gasteiger partial charge in [-0.25, -0.2) is 0 Å². The molecule has 212 valence electrons. The fraction of sp³-hybridized carbons (Fsp3) is 0.0769. The summed E-state index contributed by atoms with van der Waals surface area (Å²) in [6.45, 7) is 0.292. The van der Waals surface area contributed by atoms with Gasteiger partial charge in [0.2, 0.25) is 0 Å². The fourth-order valence-electron chi connectivity index (χ4n) is 7.89. The van der Waals surface area contributed by atoms with Gasteiger partial charge in [-0.3, -0.25) is 0 Å². The molecule has 0 aliphatic heterocycles. The summed E-state index contributed by atoms with van der Waals surface area (Å²) in [5, 5.41) is 2.17. The van der Waals surface area contributed by atoms with Gasteiger partial charge in [0, 0.05) is 32.8 Å². The molecule has 9 rings (SSSR count). The Morgan fingerprint density at radius 3 is 1.75 bits per heavy atom. The van der Waals surface area contributed by atoms with E-state index in [1.807, 2.05) is 12.1 Å². The molecule has 2 aliphatic carbocycles. The molecule has 1 aromatic heterocycles. The summed E-state index contributed by atoms with van der Waals surface area (Å²) in [6.07, 6.45) is -4.45. The number of hydrogen-bond acceptors (Lipinski definition) is 0. The van der Waals surface area contributed by atoms with E-state index in [1.54, 1.807) is 6.07 Å². The van der Waals surface area contributed by atoms with Crippen LogP contribution in [0.1, 0.15) is 33.4 Å². The third kappa shape index (κ3) is 3.25. The molecule has 6 aromatic carbocycles. The molecule has 0 saturated carbocycles. The van der Waals surface area contributed by atoms with Crippen molar-refractivity contribution in [3.8, 4) is 22.3 Å². The topological polar surface area (TPSA) is 4.93 Å². The standard InChI is InChI=1S/C39H23BrF3N/c40-37-23(10-9-18-33(37)39(41,42)43)22-44-35-19-8-4-14-27(35)29-20-28-26-13-3-7-17-32(26)38(34(28)21-36(29)44)30-15-5-1-11-24(30)25-12-2-6-16-31(25)38/h1-21H,22H2. The highest BCUT2D eigenvalue weighted by Gasteiger charge is 2.51. The number of halogens is 4. The zero-order chi connectivity index (χ0) is 29.8. The minimum absolute atomic E-state index is 0.0853. The maximum absolute atomic E-state index is 13.9. The average molecular weight is 643 g/mol. The van der Waals surface area contributed by atoms with Crippen LogP contribution in [0.3, 0.4) is 0 Å². The molecule has 0 atom stereocenters. The average Bonchev–Trinajstić information content (AvgIpc) is 3.62. The van der Waals surface area contributed by atoms with Crippen molar-refractivity contribution < 1.29 is 13.2 Å². The summed E-state index contributed by atoms with van der Waals surface area (Å²) in [6, 6.07) is 43.3. The number of aromatic nitrogens is 1. The van der Waals surface area contributed by atoms with Gasteiger partial charge < -0.3 is 4.57 Å².